The van der Waals surface area contributed by atoms with Crippen LogP contribution in [-0.2, 0) is 0 Å². The Bertz CT molecular complexity index is 394. The summed E-state index contributed by atoms with van der Waals surface area (Å²) in [6, 6.07) is 4.21. The van der Waals surface area contributed by atoms with E-state index in [0.717, 1.165) is 5.75 Å². The standard InChI is InChI=1S/C12H15NO/c1-8-3-4-9(2)12-11(8)10(7-13)5-6-14-12/h3-5H,6-7,13H2,1-2H3. The van der Waals surface area contributed by atoms with Gasteiger partial charge in [-0.25, -0.2) is 0 Å². The van der Waals surface area contributed by atoms with Gasteiger partial charge in [-0.1, -0.05) is 12.1 Å². The maximum atomic E-state index is 5.71. The van der Waals surface area contributed by atoms with E-state index >= 15 is 0 Å². The van der Waals surface area contributed by atoms with Crippen molar-refractivity contribution in [1.29, 1.82) is 0 Å². The van der Waals surface area contributed by atoms with Crippen LogP contribution in [0.15, 0.2) is 18.2 Å². The number of fused-ring (bicyclic) bond motifs is 1. The molecule has 0 bridgehead atoms. The van der Waals surface area contributed by atoms with Gasteiger partial charge < -0.3 is 10.5 Å². The van der Waals surface area contributed by atoms with E-state index in [1.54, 1.807) is 0 Å². The zero-order valence-electron chi connectivity index (χ0n) is 8.63. The average Bonchev–Trinajstić information content (AvgIpc) is 2.23. The Hall–Kier alpha value is -1.28. The van der Waals surface area contributed by atoms with Crippen molar-refractivity contribution in [2.45, 2.75) is 13.8 Å². The summed E-state index contributed by atoms with van der Waals surface area (Å²) in [5.41, 5.74) is 10.5. The predicted molar refractivity (Wildman–Crippen MR) is 58.4 cm³/mol. The summed E-state index contributed by atoms with van der Waals surface area (Å²) in [5, 5.41) is 0. The summed E-state index contributed by atoms with van der Waals surface area (Å²) < 4.78 is 5.64. The first-order valence-electron chi connectivity index (χ1n) is 4.86. The highest BCUT2D eigenvalue weighted by atomic mass is 16.5. The Morgan fingerprint density at radius 2 is 2.00 bits per heavy atom. The highest BCUT2D eigenvalue weighted by Gasteiger charge is 2.16. The van der Waals surface area contributed by atoms with Crippen LogP contribution >= 0.6 is 0 Å². The molecular formula is C12H15NO. The first-order valence-corrected chi connectivity index (χ1v) is 4.86. The van der Waals surface area contributed by atoms with E-state index in [1.807, 2.05) is 0 Å². The molecule has 0 amide bonds. The third kappa shape index (κ3) is 1.32. The van der Waals surface area contributed by atoms with Gasteiger partial charge in [-0.2, -0.15) is 0 Å². The lowest BCUT2D eigenvalue weighted by atomic mass is 9.95. The van der Waals surface area contributed by atoms with Crippen LogP contribution in [0.25, 0.3) is 5.57 Å². The maximum Gasteiger partial charge on any atom is 0.130 e. The zero-order chi connectivity index (χ0) is 10.1. The van der Waals surface area contributed by atoms with Gasteiger partial charge in [-0.05, 0) is 36.6 Å². The number of hydrogen-bond donors (Lipinski definition) is 1. The van der Waals surface area contributed by atoms with Gasteiger partial charge >= 0.3 is 0 Å². The van der Waals surface area contributed by atoms with E-state index in [1.165, 1.54) is 22.3 Å². The molecule has 74 valence electrons. The first-order chi connectivity index (χ1) is 6.74. The van der Waals surface area contributed by atoms with Gasteiger partial charge in [0, 0.05) is 12.1 Å². The smallest absolute Gasteiger partial charge is 0.130 e. The summed E-state index contributed by atoms with van der Waals surface area (Å²) in [5.74, 6) is 1.01. The van der Waals surface area contributed by atoms with Gasteiger partial charge in [0.25, 0.3) is 0 Å². The Morgan fingerprint density at radius 3 is 2.71 bits per heavy atom. The van der Waals surface area contributed by atoms with Crippen molar-refractivity contribution in [2.24, 2.45) is 5.73 Å². The van der Waals surface area contributed by atoms with Gasteiger partial charge in [0.15, 0.2) is 0 Å². The summed E-state index contributed by atoms with van der Waals surface area (Å²) in [4.78, 5) is 0. The van der Waals surface area contributed by atoms with E-state index in [4.69, 9.17) is 10.5 Å². The number of benzene rings is 1. The third-order valence-electron chi connectivity index (χ3n) is 2.66. The molecule has 14 heavy (non-hydrogen) atoms. The molecular weight excluding hydrogens is 174 g/mol. The quantitative estimate of drug-likeness (QED) is 0.733. The molecule has 2 N–H and O–H groups in total. The van der Waals surface area contributed by atoms with Gasteiger partial charge in [-0.15, -0.1) is 0 Å². The van der Waals surface area contributed by atoms with Crippen LogP contribution in [0.2, 0.25) is 0 Å². The molecule has 0 radical (unpaired) electrons. The van der Waals surface area contributed by atoms with E-state index in [9.17, 15) is 0 Å². The van der Waals surface area contributed by atoms with Crippen LogP contribution in [0.4, 0.5) is 0 Å². The normalized spacial score (nSPS) is 14.4. The fourth-order valence-electron chi connectivity index (χ4n) is 1.88. The average molecular weight is 189 g/mol. The minimum Gasteiger partial charge on any atom is -0.489 e. The Labute approximate surface area is 84.4 Å². The van der Waals surface area contributed by atoms with Crippen LogP contribution in [0.1, 0.15) is 16.7 Å². The second-order valence-corrected chi connectivity index (χ2v) is 3.65. The monoisotopic (exact) mass is 189 g/mol. The fourth-order valence-corrected chi connectivity index (χ4v) is 1.88. The van der Waals surface area contributed by atoms with E-state index in [0.29, 0.717) is 13.2 Å². The molecule has 1 aliphatic heterocycles. The molecule has 2 heteroatoms. The molecule has 0 fully saturated rings. The Morgan fingerprint density at radius 1 is 1.29 bits per heavy atom. The molecule has 0 aromatic heterocycles. The molecule has 1 aromatic carbocycles. The maximum absolute atomic E-state index is 5.71. The van der Waals surface area contributed by atoms with Gasteiger partial charge in [0.1, 0.15) is 12.4 Å². The second-order valence-electron chi connectivity index (χ2n) is 3.65. The fraction of sp³-hybridized carbons (Fsp3) is 0.333. The van der Waals surface area contributed by atoms with Crippen molar-refractivity contribution in [3.8, 4) is 5.75 Å². The van der Waals surface area contributed by atoms with Crippen molar-refractivity contribution in [3.63, 3.8) is 0 Å². The molecule has 0 saturated carbocycles. The van der Waals surface area contributed by atoms with Crippen molar-refractivity contribution < 1.29 is 4.74 Å². The molecule has 0 saturated heterocycles. The summed E-state index contributed by atoms with van der Waals surface area (Å²) in [6.07, 6.45) is 2.06. The third-order valence-corrected chi connectivity index (χ3v) is 2.66. The van der Waals surface area contributed by atoms with Crippen LogP contribution in [0, 0.1) is 13.8 Å². The lowest BCUT2D eigenvalue weighted by molar-refractivity contribution is 0.354. The number of nitrogens with two attached hydrogens (primary N) is 1. The SMILES string of the molecule is Cc1ccc(C)c2c1OCC=C2CN. The number of rotatable bonds is 1. The first kappa shape index (κ1) is 9.28. The predicted octanol–water partition coefficient (Wildman–Crippen LogP) is 2.04. The Kier molecular flexibility index (Phi) is 2.30. The van der Waals surface area contributed by atoms with Crippen molar-refractivity contribution in [1.82, 2.24) is 0 Å². The van der Waals surface area contributed by atoms with Gasteiger partial charge in [0.2, 0.25) is 0 Å². The summed E-state index contributed by atoms with van der Waals surface area (Å²) in [6.45, 7) is 5.39. The van der Waals surface area contributed by atoms with E-state index in [2.05, 4.69) is 32.1 Å². The summed E-state index contributed by atoms with van der Waals surface area (Å²) in [7, 11) is 0. The molecule has 1 aromatic rings. The lowest BCUT2D eigenvalue weighted by Crippen LogP contribution is -2.13. The number of ether oxygens (including phenoxy) is 1. The summed E-state index contributed by atoms with van der Waals surface area (Å²) >= 11 is 0. The lowest BCUT2D eigenvalue weighted by Gasteiger charge is -2.21. The van der Waals surface area contributed by atoms with Crippen LogP contribution in [-0.4, -0.2) is 13.2 Å². The number of hydrogen-bond acceptors (Lipinski definition) is 2. The van der Waals surface area contributed by atoms with Crippen molar-refractivity contribution in [3.05, 3.63) is 34.9 Å². The molecule has 0 spiro atoms. The van der Waals surface area contributed by atoms with E-state index < -0.39 is 0 Å². The molecule has 1 heterocycles. The minimum absolute atomic E-state index is 0.584. The van der Waals surface area contributed by atoms with Crippen molar-refractivity contribution in [2.75, 3.05) is 13.2 Å². The topological polar surface area (TPSA) is 35.2 Å². The van der Waals surface area contributed by atoms with Crippen LogP contribution < -0.4 is 10.5 Å². The highest BCUT2D eigenvalue weighted by Crippen LogP contribution is 2.34. The molecule has 2 nitrogen and oxygen atoms in total. The zero-order valence-corrected chi connectivity index (χ0v) is 8.63. The largest absolute Gasteiger partial charge is 0.489 e. The van der Waals surface area contributed by atoms with Gasteiger partial charge in [-0.3, -0.25) is 0 Å². The van der Waals surface area contributed by atoms with Crippen molar-refractivity contribution >= 4 is 5.57 Å². The van der Waals surface area contributed by atoms with E-state index in [-0.39, 0.29) is 0 Å². The Balaban J connectivity index is 2.64. The molecule has 0 unspecified atom stereocenters. The minimum atomic E-state index is 0.584. The molecule has 2 rings (SSSR count). The van der Waals surface area contributed by atoms with Crippen LogP contribution in [0.3, 0.4) is 0 Å². The van der Waals surface area contributed by atoms with Gasteiger partial charge in [0.05, 0.1) is 0 Å². The number of aryl methyl sites for hydroxylation is 2. The molecule has 0 atom stereocenters. The molecule has 1 aliphatic rings. The van der Waals surface area contributed by atoms with Crippen LogP contribution in [0.5, 0.6) is 5.75 Å². The molecule has 0 aliphatic carbocycles. The highest BCUT2D eigenvalue weighted by molar-refractivity contribution is 5.76. The second kappa shape index (κ2) is 3.46.